The monoisotopic (exact) mass is 398 g/mol. The van der Waals surface area contributed by atoms with Crippen LogP contribution in [0.15, 0.2) is 48.5 Å². The van der Waals surface area contributed by atoms with Crippen LogP contribution in [-0.4, -0.2) is 52.9 Å². The van der Waals surface area contributed by atoms with E-state index in [-0.39, 0.29) is 24.4 Å². The summed E-state index contributed by atoms with van der Waals surface area (Å²) in [5.74, 6) is 0. The zero-order valence-corrected chi connectivity index (χ0v) is 17.2. The molecule has 2 fully saturated rings. The minimum absolute atomic E-state index is 0.0890. The zero-order chi connectivity index (χ0) is 20.1. The molecular formula is C24H30O5. The Balaban J connectivity index is 1.47. The molecule has 0 bridgehead atoms. The van der Waals surface area contributed by atoms with E-state index < -0.39 is 0 Å². The number of ether oxygens (including phenoxy) is 5. The first-order valence-electron chi connectivity index (χ1n) is 10.3. The van der Waals surface area contributed by atoms with Gasteiger partial charge in [-0.3, -0.25) is 0 Å². The molecular weight excluding hydrogens is 368 g/mol. The van der Waals surface area contributed by atoms with Gasteiger partial charge < -0.3 is 23.7 Å². The lowest BCUT2D eigenvalue weighted by Crippen LogP contribution is -2.19. The summed E-state index contributed by atoms with van der Waals surface area (Å²) in [4.78, 5) is 0. The van der Waals surface area contributed by atoms with Crippen LogP contribution in [0.4, 0.5) is 0 Å². The molecule has 2 aromatic carbocycles. The average molecular weight is 398 g/mol. The molecule has 156 valence electrons. The maximum atomic E-state index is 6.61. The molecule has 2 saturated heterocycles. The van der Waals surface area contributed by atoms with Gasteiger partial charge in [-0.25, -0.2) is 0 Å². The minimum Gasteiger partial charge on any atom is -0.384 e. The van der Waals surface area contributed by atoms with E-state index in [9.17, 15) is 0 Å². The van der Waals surface area contributed by atoms with Gasteiger partial charge in [-0.2, -0.15) is 0 Å². The number of rotatable bonds is 12. The maximum Gasteiger partial charge on any atom is 0.112 e. The van der Waals surface area contributed by atoms with E-state index in [2.05, 4.69) is 48.5 Å². The average Bonchev–Trinajstić information content (AvgIpc) is 3.66. The van der Waals surface area contributed by atoms with Gasteiger partial charge in [0.25, 0.3) is 0 Å². The summed E-state index contributed by atoms with van der Waals surface area (Å²) in [6.45, 7) is 2.94. The van der Waals surface area contributed by atoms with Crippen LogP contribution in [0, 0.1) is 0 Å². The Morgan fingerprint density at radius 2 is 1.10 bits per heavy atom. The molecule has 0 N–H and O–H groups in total. The van der Waals surface area contributed by atoms with Crippen LogP contribution in [0.25, 0.3) is 0 Å². The van der Waals surface area contributed by atoms with E-state index in [0.29, 0.717) is 0 Å². The van der Waals surface area contributed by atoms with Gasteiger partial charge in [0.1, 0.15) is 24.4 Å². The van der Waals surface area contributed by atoms with E-state index in [0.717, 1.165) is 50.4 Å². The predicted molar refractivity (Wildman–Crippen MR) is 110 cm³/mol. The molecule has 2 aliphatic rings. The molecule has 4 rings (SSSR count). The van der Waals surface area contributed by atoms with Gasteiger partial charge in [-0.1, -0.05) is 48.5 Å². The third kappa shape index (κ3) is 5.65. The van der Waals surface area contributed by atoms with Crippen molar-refractivity contribution in [2.24, 2.45) is 0 Å². The fourth-order valence-electron chi connectivity index (χ4n) is 3.57. The van der Waals surface area contributed by atoms with Gasteiger partial charge in [0.05, 0.1) is 26.4 Å². The number of hydrogen-bond donors (Lipinski definition) is 0. The first-order chi connectivity index (χ1) is 14.3. The highest BCUT2D eigenvalue weighted by Gasteiger charge is 2.42. The van der Waals surface area contributed by atoms with Crippen LogP contribution < -0.4 is 0 Å². The second-order valence-corrected chi connectivity index (χ2v) is 7.69. The highest BCUT2D eigenvalue weighted by Crippen LogP contribution is 2.40. The summed E-state index contributed by atoms with van der Waals surface area (Å²) in [7, 11) is 3.46. The third-order valence-electron chi connectivity index (χ3n) is 5.49. The normalized spacial score (nSPS) is 22.3. The van der Waals surface area contributed by atoms with Crippen molar-refractivity contribution in [1.82, 2.24) is 0 Å². The van der Waals surface area contributed by atoms with Gasteiger partial charge in [0.15, 0.2) is 0 Å². The number of hydrogen-bond acceptors (Lipinski definition) is 5. The van der Waals surface area contributed by atoms with Crippen molar-refractivity contribution in [2.45, 2.75) is 37.3 Å². The second kappa shape index (κ2) is 9.83. The summed E-state index contributed by atoms with van der Waals surface area (Å²) in [5.41, 5.74) is 4.83. The largest absolute Gasteiger partial charge is 0.384 e. The quantitative estimate of drug-likeness (QED) is 0.511. The second-order valence-electron chi connectivity index (χ2n) is 7.69. The van der Waals surface area contributed by atoms with Crippen molar-refractivity contribution < 1.29 is 23.7 Å². The molecule has 2 aliphatic heterocycles. The molecule has 2 aromatic rings. The van der Waals surface area contributed by atoms with Crippen LogP contribution >= 0.6 is 0 Å². The minimum atomic E-state index is -0.0890. The van der Waals surface area contributed by atoms with Crippen LogP contribution in [0.3, 0.4) is 0 Å². The number of methoxy groups -OCH3 is 2. The predicted octanol–water partition coefficient (Wildman–Crippen LogP) is 3.66. The Bertz CT molecular complexity index is 684. The molecule has 29 heavy (non-hydrogen) atoms. The summed E-state index contributed by atoms with van der Waals surface area (Å²) >= 11 is 0. The van der Waals surface area contributed by atoms with Gasteiger partial charge in [-0.05, 0) is 35.1 Å². The standard InChI is InChI=1S/C24H30O5/c1-25-13-11-17-3-7-19(8-4-17)23(21-15-27-21)29-24(22-16-28-22)20-9-5-18(6-10-20)12-14-26-2/h3-10,21-24H,11-16H2,1-2H3. The molecule has 0 amide bonds. The van der Waals surface area contributed by atoms with E-state index >= 15 is 0 Å². The lowest BCUT2D eigenvalue weighted by molar-refractivity contribution is -0.0419. The van der Waals surface area contributed by atoms with Gasteiger partial charge >= 0.3 is 0 Å². The molecule has 5 heteroatoms. The lowest BCUT2D eigenvalue weighted by Gasteiger charge is -2.24. The highest BCUT2D eigenvalue weighted by atomic mass is 16.6. The summed E-state index contributed by atoms with van der Waals surface area (Å²) < 4.78 is 28.2. The van der Waals surface area contributed by atoms with Crippen molar-refractivity contribution in [2.75, 3.05) is 40.6 Å². The van der Waals surface area contributed by atoms with E-state index in [1.54, 1.807) is 14.2 Å². The Kier molecular flexibility index (Phi) is 6.95. The Morgan fingerprint density at radius 1 is 0.724 bits per heavy atom. The van der Waals surface area contributed by atoms with E-state index in [4.69, 9.17) is 23.7 Å². The van der Waals surface area contributed by atoms with E-state index in [1.165, 1.54) is 11.1 Å². The van der Waals surface area contributed by atoms with Crippen molar-refractivity contribution in [3.8, 4) is 0 Å². The number of epoxide rings is 2. The summed E-state index contributed by atoms with van der Waals surface area (Å²) in [6.07, 6.45) is 1.87. The number of benzene rings is 2. The van der Waals surface area contributed by atoms with Gasteiger partial charge in [0, 0.05) is 14.2 Å². The van der Waals surface area contributed by atoms with Gasteiger partial charge in [0.2, 0.25) is 0 Å². The van der Waals surface area contributed by atoms with Crippen LogP contribution in [0.5, 0.6) is 0 Å². The molecule has 0 aliphatic carbocycles. The van der Waals surface area contributed by atoms with Crippen molar-refractivity contribution in [3.63, 3.8) is 0 Å². The SMILES string of the molecule is COCCc1ccc(C(OC(c2ccc(CCOC)cc2)C2CO2)C2CO2)cc1. The van der Waals surface area contributed by atoms with Crippen molar-refractivity contribution in [3.05, 3.63) is 70.8 Å². The molecule has 2 heterocycles. The Labute approximate surface area is 172 Å². The molecule has 0 saturated carbocycles. The summed E-state index contributed by atoms with van der Waals surface area (Å²) in [5, 5.41) is 0. The smallest absolute Gasteiger partial charge is 0.112 e. The topological polar surface area (TPSA) is 52.8 Å². The van der Waals surface area contributed by atoms with E-state index in [1.807, 2.05) is 0 Å². The van der Waals surface area contributed by atoms with Gasteiger partial charge in [-0.15, -0.1) is 0 Å². The first-order valence-corrected chi connectivity index (χ1v) is 10.3. The maximum absolute atomic E-state index is 6.61. The molecule has 4 atom stereocenters. The van der Waals surface area contributed by atoms with Crippen molar-refractivity contribution >= 4 is 0 Å². The Hall–Kier alpha value is -1.76. The fraction of sp³-hybridized carbons (Fsp3) is 0.500. The summed E-state index contributed by atoms with van der Waals surface area (Å²) in [6, 6.07) is 17.2. The van der Waals surface area contributed by atoms with Crippen LogP contribution in [0.1, 0.15) is 34.5 Å². The molecule has 0 spiro atoms. The zero-order valence-electron chi connectivity index (χ0n) is 17.2. The molecule has 4 unspecified atom stereocenters. The third-order valence-corrected chi connectivity index (χ3v) is 5.49. The lowest BCUT2D eigenvalue weighted by atomic mass is 10.0. The first kappa shape index (κ1) is 20.5. The van der Waals surface area contributed by atoms with Crippen LogP contribution in [0.2, 0.25) is 0 Å². The molecule has 5 nitrogen and oxygen atoms in total. The fourth-order valence-corrected chi connectivity index (χ4v) is 3.57. The van der Waals surface area contributed by atoms with Crippen LogP contribution in [-0.2, 0) is 36.5 Å². The molecule has 0 aromatic heterocycles. The molecule has 0 radical (unpaired) electrons. The Morgan fingerprint density at radius 3 is 1.41 bits per heavy atom. The van der Waals surface area contributed by atoms with Crippen molar-refractivity contribution in [1.29, 1.82) is 0 Å². The highest BCUT2D eigenvalue weighted by molar-refractivity contribution is 5.28.